The minimum atomic E-state index is -3.85. The molecule has 0 saturated carbocycles. The van der Waals surface area contributed by atoms with Crippen LogP contribution in [0.2, 0.25) is 0 Å². The molecule has 3 rings (SSSR count). The van der Waals surface area contributed by atoms with Crippen LogP contribution in [0.15, 0.2) is 23.1 Å². The van der Waals surface area contributed by atoms with Crippen molar-refractivity contribution < 1.29 is 23.8 Å². The van der Waals surface area contributed by atoms with Gasteiger partial charge in [0.15, 0.2) is 5.96 Å². The molecular weight excluding hydrogens is 472 g/mol. The Balaban J connectivity index is 0.00000432. The first-order chi connectivity index (χ1) is 16.1. The fourth-order valence-electron chi connectivity index (χ4n) is 4.89. The van der Waals surface area contributed by atoms with Crippen LogP contribution in [0, 0.1) is 17.2 Å². The van der Waals surface area contributed by atoms with Crippen LogP contribution in [-0.2, 0) is 21.2 Å². The number of hydrogen-bond donors (Lipinski definition) is 6. The van der Waals surface area contributed by atoms with E-state index in [-0.39, 0.29) is 16.3 Å². The summed E-state index contributed by atoms with van der Waals surface area (Å²) in [5, 5.41) is 23.1. The van der Waals surface area contributed by atoms with Gasteiger partial charge in [0, 0.05) is 25.7 Å². The van der Waals surface area contributed by atoms with Gasteiger partial charge in [0.25, 0.3) is 0 Å². The van der Waals surface area contributed by atoms with E-state index < -0.39 is 28.1 Å². The second-order valence-corrected chi connectivity index (χ2v) is 11.4. The van der Waals surface area contributed by atoms with E-state index in [0.717, 1.165) is 18.4 Å². The van der Waals surface area contributed by atoms with Gasteiger partial charge in [-0.15, -0.1) is 0 Å². The predicted molar refractivity (Wildman–Crippen MR) is 136 cm³/mol. The van der Waals surface area contributed by atoms with E-state index in [0.29, 0.717) is 63.0 Å². The van der Waals surface area contributed by atoms with Gasteiger partial charge in [-0.05, 0) is 62.1 Å². The number of carboxylic acids is 1. The zero-order valence-electron chi connectivity index (χ0n) is 20.5. The highest BCUT2D eigenvalue weighted by atomic mass is 32.2. The summed E-state index contributed by atoms with van der Waals surface area (Å²) in [4.78, 5) is 14.0. The maximum Gasteiger partial charge on any atom is 0.320 e. The van der Waals surface area contributed by atoms with Crippen molar-refractivity contribution in [2.24, 2.45) is 17.6 Å². The summed E-state index contributed by atoms with van der Waals surface area (Å²) in [6.07, 6.45) is 3.31. The first-order valence-electron chi connectivity index (χ1n) is 12.0. The summed E-state index contributed by atoms with van der Waals surface area (Å²) >= 11 is 0. The number of benzene rings is 1. The average Bonchev–Trinajstić information content (AvgIpc) is 2.76. The Kier molecular flexibility index (Phi) is 10.3. The summed E-state index contributed by atoms with van der Waals surface area (Å²) in [5.41, 5.74) is 6.99. The fourth-order valence-corrected chi connectivity index (χ4v) is 6.37. The Bertz CT molecular complexity index is 989. The first-order valence-corrected chi connectivity index (χ1v) is 13.5. The number of nitrogens with zero attached hydrogens (tertiary/aromatic N) is 1. The highest BCUT2D eigenvalue weighted by molar-refractivity contribution is 7.89. The molecule has 12 heteroatoms. The molecule has 1 fully saturated rings. The Morgan fingerprint density at radius 2 is 2.09 bits per heavy atom. The number of piperidine rings is 1. The summed E-state index contributed by atoms with van der Waals surface area (Å²) in [6.45, 7) is 6.25. The number of guanidine groups is 1. The number of carboxylic acid groups (broad SMARTS) is 1. The third-order valence-electron chi connectivity index (χ3n) is 6.68. The predicted octanol–water partition coefficient (Wildman–Crippen LogP) is 0.561. The molecule has 0 radical (unpaired) electrons. The topological polar surface area (TPSA) is 192 Å². The van der Waals surface area contributed by atoms with Crippen molar-refractivity contribution in [3.8, 4) is 0 Å². The van der Waals surface area contributed by atoms with E-state index >= 15 is 0 Å². The number of aliphatic carboxylic acids is 1. The number of rotatable bonds is 10. The van der Waals surface area contributed by atoms with Gasteiger partial charge in [-0.2, -0.15) is 0 Å². The van der Waals surface area contributed by atoms with Crippen molar-refractivity contribution in [1.82, 2.24) is 14.9 Å². The number of anilines is 1. The van der Waals surface area contributed by atoms with Gasteiger partial charge in [0.05, 0.1) is 5.69 Å². The third-order valence-corrected chi connectivity index (χ3v) is 8.24. The minimum absolute atomic E-state index is 0. The second kappa shape index (κ2) is 12.5. The van der Waals surface area contributed by atoms with Gasteiger partial charge in [-0.25, -0.2) is 13.1 Å². The number of para-hydroxylation sites is 1. The normalized spacial score (nSPS) is 23.3. The van der Waals surface area contributed by atoms with Crippen LogP contribution >= 0.6 is 0 Å². The van der Waals surface area contributed by atoms with E-state index in [4.69, 9.17) is 11.1 Å². The molecule has 1 aromatic carbocycles. The van der Waals surface area contributed by atoms with E-state index in [1.165, 1.54) is 0 Å². The zero-order chi connectivity index (χ0) is 24.9. The first kappa shape index (κ1) is 28.8. The number of fused-ring (bicyclic) bond motifs is 1. The van der Waals surface area contributed by atoms with Crippen LogP contribution in [0.1, 0.15) is 45.1 Å². The SMILES string of the molecule is CC1CNc2c(cccc2S(=O)(=O)NC(CCCNC(=N)N)CN2CC[C@@H](C)C[C@@H]2C(=O)O)C1.O. The highest BCUT2D eigenvalue weighted by Gasteiger charge is 2.34. The van der Waals surface area contributed by atoms with Crippen molar-refractivity contribution >= 4 is 27.6 Å². The van der Waals surface area contributed by atoms with Crippen molar-refractivity contribution in [2.45, 2.75) is 62.9 Å². The van der Waals surface area contributed by atoms with Gasteiger partial charge in [-0.1, -0.05) is 26.0 Å². The lowest BCUT2D eigenvalue weighted by molar-refractivity contribution is -0.145. The number of hydrogen-bond acceptors (Lipinski definition) is 6. The molecule has 2 unspecified atom stereocenters. The fraction of sp³-hybridized carbons (Fsp3) is 0.652. The lowest BCUT2D eigenvalue weighted by atomic mass is 9.92. The maximum absolute atomic E-state index is 13.5. The molecule has 198 valence electrons. The second-order valence-electron chi connectivity index (χ2n) is 9.76. The number of likely N-dealkylation sites (tertiary alicyclic amines) is 1. The molecule has 0 aliphatic carbocycles. The molecule has 0 aromatic heterocycles. The molecule has 0 spiro atoms. The number of carbonyl (C=O) groups is 1. The van der Waals surface area contributed by atoms with Gasteiger partial charge >= 0.3 is 5.97 Å². The van der Waals surface area contributed by atoms with Crippen LogP contribution in [0.4, 0.5) is 5.69 Å². The number of nitrogens with two attached hydrogens (primary N) is 1. The van der Waals surface area contributed by atoms with Crippen molar-refractivity contribution in [3.63, 3.8) is 0 Å². The molecule has 2 aliphatic heterocycles. The summed E-state index contributed by atoms with van der Waals surface area (Å²) < 4.78 is 29.8. The van der Waals surface area contributed by atoms with Gasteiger partial charge in [-0.3, -0.25) is 15.1 Å². The number of sulfonamides is 1. The summed E-state index contributed by atoms with van der Waals surface area (Å²) in [6, 6.07) is 4.23. The Morgan fingerprint density at radius 3 is 2.77 bits per heavy atom. The summed E-state index contributed by atoms with van der Waals surface area (Å²) in [7, 11) is -3.85. The van der Waals surface area contributed by atoms with Crippen molar-refractivity contribution in [3.05, 3.63) is 23.8 Å². The van der Waals surface area contributed by atoms with E-state index in [1.807, 2.05) is 17.9 Å². The average molecular weight is 513 g/mol. The number of nitrogens with one attached hydrogen (secondary N) is 4. The van der Waals surface area contributed by atoms with Crippen molar-refractivity contribution in [2.75, 3.05) is 31.5 Å². The molecular formula is C23H40N6O5S. The molecule has 1 saturated heterocycles. The van der Waals surface area contributed by atoms with Crippen molar-refractivity contribution in [1.29, 1.82) is 5.41 Å². The van der Waals surface area contributed by atoms with Gasteiger partial charge < -0.3 is 26.9 Å². The zero-order valence-corrected chi connectivity index (χ0v) is 21.3. The van der Waals surface area contributed by atoms with Crippen LogP contribution in [0.3, 0.4) is 0 Å². The standard InChI is InChI=1S/C23H38N6O4S.H2O/c1-15-8-10-29(19(12-15)22(30)31)14-18(6-4-9-26-23(24)25)28-34(32,33)20-7-3-5-17-11-16(2)13-27-21(17)20;/h3,5,7,15-16,18-19,27-28H,4,6,8-14H2,1-2H3,(H,30,31)(H4,24,25,26);1H2/t15-,16?,18?,19-;/m1./s1. The lowest BCUT2D eigenvalue weighted by Crippen LogP contribution is -2.52. The largest absolute Gasteiger partial charge is 0.480 e. The smallest absolute Gasteiger partial charge is 0.320 e. The molecule has 35 heavy (non-hydrogen) atoms. The molecule has 4 atom stereocenters. The Labute approximate surface area is 207 Å². The van der Waals surface area contributed by atoms with Crippen LogP contribution in [0.25, 0.3) is 0 Å². The Morgan fingerprint density at radius 1 is 1.34 bits per heavy atom. The third kappa shape index (κ3) is 7.79. The molecule has 0 amide bonds. The maximum atomic E-state index is 13.5. The molecule has 1 aromatic rings. The minimum Gasteiger partial charge on any atom is -0.480 e. The molecule has 2 aliphatic rings. The van der Waals surface area contributed by atoms with E-state index in [9.17, 15) is 18.3 Å². The lowest BCUT2D eigenvalue weighted by Gasteiger charge is -2.38. The molecule has 9 N–H and O–H groups in total. The Hall–Kier alpha value is -2.41. The summed E-state index contributed by atoms with van der Waals surface area (Å²) in [5.74, 6) is -0.267. The monoisotopic (exact) mass is 512 g/mol. The van der Waals surface area contributed by atoms with Gasteiger partial charge in [0.1, 0.15) is 10.9 Å². The van der Waals surface area contributed by atoms with Crippen LogP contribution in [-0.4, -0.2) is 74.1 Å². The molecule has 2 heterocycles. The quantitative estimate of drug-likeness (QED) is 0.149. The van der Waals surface area contributed by atoms with Crippen LogP contribution < -0.4 is 21.1 Å². The van der Waals surface area contributed by atoms with Gasteiger partial charge in [0.2, 0.25) is 10.0 Å². The van der Waals surface area contributed by atoms with E-state index in [2.05, 4.69) is 22.3 Å². The molecule has 0 bridgehead atoms. The molecule has 11 nitrogen and oxygen atoms in total. The van der Waals surface area contributed by atoms with Crippen LogP contribution in [0.5, 0.6) is 0 Å². The van der Waals surface area contributed by atoms with E-state index in [1.54, 1.807) is 12.1 Å². The highest BCUT2D eigenvalue weighted by Crippen LogP contribution is 2.31.